The first kappa shape index (κ1) is 17.7. The van der Waals surface area contributed by atoms with E-state index in [0.29, 0.717) is 12.6 Å². The maximum absolute atomic E-state index is 5.85. The molecule has 124 valence electrons. The van der Waals surface area contributed by atoms with Crippen LogP contribution in [-0.2, 0) is 13.2 Å². The summed E-state index contributed by atoms with van der Waals surface area (Å²) in [5.41, 5.74) is 2.25. The van der Waals surface area contributed by atoms with Crippen LogP contribution >= 0.6 is 12.4 Å². The zero-order chi connectivity index (χ0) is 15.2. The number of nitrogens with one attached hydrogen (secondary N) is 1. The van der Waals surface area contributed by atoms with E-state index in [4.69, 9.17) is 4.74 Å². The van der Waals surface area contributed by atoms with Crippen LogP contribution in [0.15, 0.2) is 48.7 Å². The average Bonchev–Trinajstić information content (AvgIpc) is 2.54. The van der Waals surface area contributed by atoms with E-state index in [1.807, 2.05) is 24.3 Å². The van der Waals surface area contributed by atoms with E-state index in [9.17, 15) is 0 Å². The molecule has 1 aliphatic heterocycles. The molecule has 0 unspecified atom stereocenters. The summed E-state index contributed by atoms with van der Waals surface area (Å²) in [7, 11) is 0. The van der Waals surface area contributed by atoms with Gasteiger partial charge in [-0.15, -0.1) is 12.4 Å². The number of nitrogens with zero attached hydrogens (tertiary/aromatic N) is 2. The molecule has 0 radical (unpaired) electrons. The molecule has 0 saturated carbocycles. The Balaban J connectivity index is 0.00000192. The van der Waals surface area contributed by atoms with Gasteiger partial charge in [0.1, 0.15) is 12.4 Å². The Labute approximate surface area is 144 Å². The second-order valence-corrected chi connectivity index (χ2v) is 5.85. The highest BCUT2D eigenvalue weighted by Crippen LogP contribution is 2.17. The van der Waals surface area contributed by atoms with E-state index >= 15 is 0 Å². The summed E-state index contributed by atoms with van der Waals surface area (Å²) in [6.07, 6.45) is 1.79. The number of hydrogen-bond acceptors (Lipinski definition) is 4. The largest absolute Gasteiger partial charge is 0.487 e. The third-order valence-corrected chi connectivity index (χ3v) is 3.87. The summed E-state index contributed by atoms with van der Waals surface area (Å²) in [5, 5.41) is 3.47. The monoisotopic (exact) mass is 333 g/mol. The van der Waals surface area contributed by atoms with E-state index in [1.54, 1.807) is 6.20 Å². The first-order chi connectivity index (χ1) is 10.8. The lowest BCUT2D eigenvalue weighted by Crippen LogP contribution is -2.48. The van der Waals surface area contributed by atoms with Crippen molar-refractivity contribution in [2.45, 2.75) is 26.1 Å². The third-order valence-electron chi connectivity index (χ3n) is 3.87. The third kappa shape index (κ3) is 5.50. The number of ether oxygens (including phenoxy) is 1. The molecule has 1 atom stereocenters. The predicted octanol–water partition coefficient (Wildman–Crippen LogP) is 2.88. The lowest BCUT2D eigenvalue weighted by atomic mass is 10.1. The fourth-order valence-corrected chi connectivity index (χ4v) is 2.79. The SMILES string of the molecule is C[C@H]1CN(Cc2cccc(OCc3ccccn3)c2)CCN1.Cl. The number of piperazine rings is 1. The van der Waals surface area contributed by atoms with Gasteiger partial charge < -0.3 is 10.1 Å². The quantitative estimate of drug-likeness (QED) is 0.913. The Bertz CT molecular complexity index is 594. The molecular weight excluding hydrogens is 310 g/mol. The summed E-state index contributed by atoms with van der Waals surface area (Å²) >= 11 is 0. The lowest BCUT2D eigenvalue weighted by molar-refractivity contribution is 0.199. The van der Waals surface area contributed by atoms with Gasteiger partial charge in [0.05, 0.1) is 5.69 Å². The average molecular weight is 334 g/mol. The summed E-state index contributed by atoms with van der Waals surface area (Å²) in [5.74, 6) is 0.909. The van der Waals surface area contributed by atoms with Crippen LogP contribution in [0.5, 0.6) is 5.75 Å². The van der Waals surface area contributed by atoms with Gasteiger partial charge in [-0.25, -0.2) is 0 Å². The van der Waals surface area contributed by atoms with Gasteiger partial charge >= 0.3 is 0 Å². The number of pyridine rings is 1. The molecule has 1 aliphatic rings. The van der Waals surface area contributed by atoms with Crippen molar-refractivity contribution in [3.05, 3.63) is 59.9 Å². The van der Waals surface area contributed by atoms with E-state index in [1.165, 1.54) is 5.56 Å². The summed E-state index contributed by atoms with van der Waals surface area (Å²) < 4.78 is 5.85. The van der Waals surface area contributed by atoms with Crippen molar-refractivity contribution in [3.8, 4) is 5.75 Å². The van der Waals surface area contributed by atoms with Crippen molar-refractivity contribution >= 4 is 12.4 Å². The summed E-state index contributed by atoms with van der Waals surface area (Å²) in [4.78, 5) is 6.76. The molecular formula is C18H24ClN3O. The first-order valence-electron chi connectivity index (χ1n) is 7.87. The van der Waals surface area contributed by atoms with Gasteiger partial charge in [-0.1, -0.05) is 18.2 Å². The van der Waals surface area contributed by atoms with E-state index in [0.717, 1.165) is 37.6 Å². The molecule has 0 aliphatic carbocycles. The second kappa shape index (κ2) is 8.87. The fraction of sp³-hybridized carbons (Fsp3) is 0.389. The maximum atomic E-state index is 5.85. The first-order valence-corrected chi connectivity index (χ1v) is 7.87. The highest BCUT2D eigenvalue weighted by Gasteiger charge is 2.15. The Morgan fingerprint density at radius 3 is 2.96 bits per heavy atom. The van der Waals surface area contributed by atoms with Crippen LogP contribution in [0.1, 0.15) is 18.2 Å². The molecule has 1 aromatic carbocycles. The second-order valence-electron chi connectivity index (χ2n) is 5.85. The molecule has 2 aromatic rings. The topological polar surface area (TPSA) is 37.4 Å². The molecule has 0 spiro atoms. The molecule has 1 saturated heterocycles. The highest BCUT2D eigenvalue weighted by atomic mass is 35.5. The Morgan fingerprint density at radius 2 is 2.17 bits per heavy atom. The van der Waals surface area contributed by atoms with Gasteiger partial charge in [-0.3, -0.25) is 9.88 Å². The van der Waals surface area contributed by atoms with Crippen LogP contribution in [0.25, 0.3) is 0 Å². The van der Waals surface area contributed by atoms with Gasteiger partial charge in [-0.2, -0.15) is 0 Å². The van der Waals surface area contributed by atoms with Crippen LogP contribution in [0, 0.1) is 0 Å². The van der Waals surface area contributed by atoms with Gasteiger partial charge in [0.2, 0.25) is 0 Å². The number of aromatic nitrogens is 1. The minimum Gasteiger partial charge on any atom is -0.487 e. The molecule has 1 aromatic heterocycles. The fourth-order valence-electron chi connectivity index (χ4n) is 2.79. The van der Waals surface area contributed by atoms with Crippen molar-refractivity contribution in [1.82, 2.24) is 15.2 Å². The molecule has 4 nitrogen and oxygen atoms in total. The number of hydrogen-bond donors (Lipinski definition) is 1. The zero-order valence-electron chi connectivity index (χ0n) is 13.4. The van der Waals surface area contributed by atoms with Crippen LogP contribution in [0.4, 0.5) is 0 Å². The predicted molar refractivity (Wildman–Crippen MR) is 95.0 cm³/mol. The number of rotatable bonds is 5. The Morgan fingerprint density at radius 1 is 1.26 bits per heavy atom. The number of benzene rings is 1. The molecule has 3 rings (SSSR count). The number of halogens is 1. The van der Waals surface area contributed by atoms with Crippen LogP contribution < -0.4 is 10.1 Å². The molecule has 0 amide bonds. The Hall–Kier alpha value is -1.62. The van der Waals surface area contributed by atoms with Crippen LogP contribution in [-0.4, -0.2) is 35.6 Å². The zero-order valence-corrected chi connectivity index (χ0v) is 14.3. The van der Waals surface area contributed by atoms with E-state index in [2.05, 4.69) is 40.3 Å². The van der Waals surface area contributed by atoms with Crippen molar-refractivity contribution in [2.75, 3.05) is 19.6 Å². The van der Waals surface area contributed by atoms with Crippen LogP contribution in [0.2, 0.25) is 0 Å². The van der Waals surface area contributed by atoms with E-state index < -0.39 is 0 Å². The molecule has 5 heteroatoms. The van der Waals surface area contributed by atoms with Gasteiger partial charge in [0.25, 0.3) is 0 Å². The maximum Gasteiger partial charge on any atom is 0.130 e. The normalized spacial score (nSPS) is 18.2. The minimum absolute atomic E-state index is 0. The smallest absolute Gasteiger partial charge is 0.130 e. The molecule has 23 heavy (non-hydrogen) atoms. The van der Waals surface area contributed by atoms with Crippen molar-refractivity contribution in [3.63, 3.8) is 0 Å². The Kier molecular flexibility index (Phi) is 6.84. The van der Waals surface area contributed by atoms with Crippen molar-refractivity contribution < 1.29 is 4.74 Å². The molecule has 1 fully saturated rings. The van der Waals surface area contributed by atoms with Crippen molar-refractivity contribution in [1.29, 1.82) is 0 Å². The standard InChI is InChI=1S/C18H23N3O.ClH/c1-15-12-21(10-9-19-15)13-16-5-4-7-18(11-16)22-14-17-6-2-3-8-20-17;/h2-8,11,15,19H,9-10,12-14H2,1H3;1H/t15-;/m0./s1. The molecule has 2 heterocycles. The van der Waals surface area contributed by atoms with Crippen LogP contribution in [0.3, 0.4) is 0 Å². The highest BCUT2D eigenvalue weighted by molar-refractivity contribution is 5.85. The lowest BCUT2D eigenvalue weighted by Gasteiger charge is -2.31. The summed E-state index contributed by atoms with van der Waals surface area (Å²) in [6.45, 7) is 6.99. The van der Waals surface area contributed by atoms with Gasteiger partial charge in [0.15, 0.2) is 0 Å². The van der Waals surface area contributed by atoms with Gasteiger partial charge in [-0.05, 0) is 36.8 Å². The molecule has 1 N–H and O–H groups in total. The minimum atomic E-state index is 0. The van der Waals surface area contributed by atoms with Crippen molar-refractivity contribution in [2.24, 2.45) is 0 Å². The molecule has 0 bridgehead atoms. The van der Waals surface area contributed by atoms with Gasteiger partial charge in [0, 0.05) is 38.4 Å². The van der Waals surface area contributed by atoms with E-state index in [-0.39, 0.29) is 12.4 Å². The summed E-state index contributed by atoms with van der Waals surface area (Å²) in [6, 6.07) is 14.8.